The molecule has 2 aromatic rings. The molecule has 2 atom stereocenters. The highest BCUT2D eigenvalue weighted by molar-refractivity contribution is 6.32. The van der Waals surface area contributed by atoms with E-state index in [4.69, 9.17) is 16.3 Å². The number of fused-ring (bicyclic) bond motifs is 1. The van der Waals surface area contributed by atoms with E-state index in [1.54, 1.807) is 0 Å². The van der Waals surface area contributed by atoms with Crippen LogP contribution in [0.25, 0.3) is 0 Å². The molecule has 0 fully saturated rings. The summed E-state index contributed by atoms with van der Waals surface area (Å²) in [6.07, 6.45) is 0.616. The first-order chi connectivity index (χ1) is 14.3. The zero-order valence-corrected chi connectivity index (χ0v) is 17.3. The number of rotatable bonds is 6. The molecular formula is C21H22ClN3O5. The zero-order valence-electron chi connectivity index (χ0n) is 16.6. The molecule has 9 heteroatoms. The molecule has 3 rings (SSSR count). The van der Waals surface area contributed by atoms with E-state index in [0.717, 1.165) is 17.4 Å². The number of carbonyl (C=O) groups excluding carboxylic acids is 2. The van der Waals surface area contributed by atoms with Crippen molar-refractivity contribution in [2.75, 3.05) is 6.61 Å². The third-order valence-corrected chi connectivity index (χ3v) is 5.24. The Labute approximate surface area is 178 Å². The normalized spacial score (nSPS) is 16.2. The van der Waals surface area contributed by atoms with Crippen molar-refractivity contribution in [2.45, 2.75) is 32.4 Å². The number of amides is 2. The fourth-order valence-corrected chi connectivity index (χ4v) is 3.49. The summed E-state index contributed by atoms with van der Waals surface area (Å²) in [4.78, 5) is 36.0. The van der Waals surface area contributed by atoms with Crippen LogP contribution in [0.1, 0.15) is 42.2 Å². The lowest BCUT2D eigenvalue weighted by atomic mass is 9.98. The highest BCUT2D eigenvalue weighted by Crippen LogP contribution is 2.31. The van der Waals surface area contributed by atoms with Crippen LogP contribution in [0, 0.1) is 16.0 Å². The minimum absolute atomic E-state index is 0.0564. The van der Waals surface area contributed by atoms with Crippen LogP contribution in [0.4, 0.5) is 5.69 Å². The summed E-state index contributed by atoms with van der Waals surface area (Å²) >= 11 is 5.80. The van der Waals surface area contributed by atoms with Gasteiger partial charge in [0.15, 0.2) is 0 Å². The Kier molecular flexibility index (Phi) is 6.56. The minimum Gasteiger partial charge on any atom is -0.493 e. The van der Waals surface area contributed by atoms with E-state index in [1.807, 2.05) is 38.1 Å². The van der Waals surface area contributed by atoms with E-state index < -0.39 is 16.9 Å². The highest BCUT2D eigenvalue weighted by Gasteiger charge is 2.29. The van der Waals surface area contributed by atoms with Gasteiger partial charge in [-0.05, 0) is 24.1 Å². The zero-order chi connectivity index (χ0) is 21.8. The summed E-state index contributed by atoms with van der Waals surface area (Å²) in [7, 11) is 0. The molecule has 30 heavy (non-hydrogen) atoms. The number of para-hydroxylation sites is 1. The van der Waals surface area contributed by atoms with Gasteiger partial charge in [0, 0.05) is 23.6 Å². The van der Waals surface area contributed by atoms with Crippen molar-refractivity contribution < 1.29 is 19.2 Å². The fraction of sp³-hybridized carbons (Fsp3) is 0.333. The second-order valence-electron chi connectivity index (χ2n) is 7.35. The maximum Gasteiger partial charge on any atom is 0.288 e. The van der Waals surface area contributed by atoms with E-state index >= 15 is 0 Å². The first-order valence-corrected chi connectivity index (χ1v) is 9.92. The first-order valence-electron chi connectivity index (χ1n) is 9.55. The molecular weight excluding hydrogens is 410 g/mol. The summed E-state index contributed by atoms with van der Waals surface area (Å²) in [5.74, 6) is -0.390. The summed E-state index contributed by atoms with van der Waals surface area (Å²) in [5.41, 5.74) is 0.578. The number of halogens is 1. The van der Waals surface area contributed by atoms with E-state index in [0.29, 0.717) is 13.0 Å². The van der Waals surface area contributed by atoms with Crippen LogP contribution in [0.3, 0.4) is 0 Å². The lowest BCUT2D eigenvalue weighted by Gasteiger charge is -2.29. The SMILES string of the molecule is CC(C)[C@H](NC(=O)c1ccc(Cl)c([N+](=O)[O-])c1)C(=O)NC1CCOc2ccccc21. The number of nitro benzene ring substituents is 1. The van der Waals surface area contributed by atoms with Gasteiger partial charge in [-0.15, -0.1) is 0 Å². The van der Waals surface area contributed by atoms with E-state index in [9.17, 15) is 19.7 Å². The number of carbonyl (C=O) groups is 2. The Hall–Kier alpha value is -3.13. The molecule has 8 nitrogen and oxygen atoms in total. The molecule has 0 saturated heterocycles. The number of nitrogens with zero attached hydrogens (tertiary/aromatic N) is 1. The summed E-state index contributed by atoms with van der Waals surface area (Å²) in [6.45, 7) is 4.11. The van der Waals surface area contributed by atoms with Crippen molar-refractivity contribution in [3.8, 4) is 5.75 Å². The van der Waals surface area contributed by atoms with E-state index in [-0.39, 0.29) is 34.1 Å². The quantitative estimate of drug-likeness (QED) is 0.535. The second-order valence-corrected chi connectivity index (χ2v) is 7.76. The predicted molar refractivity (Wildman–Crippen MR) is 112 cm³/mol. The number of hydrogen-bond acceptors (Lipinski definition) is 5. The van der Waals surface area contributed by atoms with Gasteiger partial charge in [-0.25, -0.2) is 0 Å². The Morgan fingerprint density at radius 1 is 1.23 bits per heavy atom. The van der Waals surface area contributed by atoms with Gasteiger partial charge in [-0.1, -0.05) is 43.6 Å². The number of hydrogen-bond donors (Lipinski definition) is 2. The molecule has 0 aliphatic carbocycles. The first kappa shape index (κ1) is 21.6. The Bertz CT molecular complexity index is 979. The molecule has 0 bridgehead atoms. The third kappa shape index (κ3) is 4.71. The molecule has 2 amide bonds. The number of ether oxygens (including phenoxy) is 1. The van der Waals surface area contributed by atoms with E-state index in [1.165, 1.54) is 12.1 Å². The van der Waals surface area contributed by atoms with Crippen LogP contribution in [0.2, 0.25) is 5.02 Å². The van der Waals surface area contributed by atoms with Gasteiger partial charge in [0.2, 0.25) is 5.91 Å². The molecule has 0 aromatic heterocycles. The van der Waals surface area contributed by atoms with Gasteiger partial charge in [-0.2, -0.15) is 0 Å². The van der Waals surface area contributed by atoms with Crippen molar-refractivity contribution in [1.82, 2.24) is 10.6 Å². The van der Waals surface area contributed by atoms with Gasteiger partial charge in [0.25, 0.3) is 11.6 Å². The van der Waals surface area contributed by atoms with Gasteiger partial charge in [0.05, 0.1) is 17.6 Å². The van der Waals surface area contributed by atoms with Gasteiger partial charge >= 0.3 is 0 Å². The van der Waals surface area contributed by atoms with Crippen LogP contribution in [0.15, 0.2) is 42.5 Å². The number of nitro groups is 1. The molecule has 2 aromatic carbocycles. The number of nitrogens with one attached hydrogen (secondary N) is 2. The molecule has 1 heterocycles. The minimum atomic E-state index is -0.817. The highest BCUT2D eigenvalue weighted by atomic mass is 35.5. The summed E-state index contributed by atoms with van der Waals surface area (Å²) < 4.78 is 5.62. The largest absolute Gasteiger partial charge is 0.493 e. The van der Waals surface area contributed by atoms with Crippen LogP contribution in [0.5, 0.6) is 5.75 Å². The third-order valence-electron chi connectivity index (χ3n) is 4.92. The monoisotopic (exact) mass is 431 g/mol. The predicted octanol–water partition coefficient (Wildman–Crippen LogP) is 3.64. The molecule has 0 saturated carbocycles. The van der Waals surface area contributed by atoms with Crippen LogP contribution in [-0.4, -0.2) is 29.4 Å². The van der Waals surface area contributed by atoms with Crippen molar-refractivity contribution in [1.29, 1.82) is 0 Å². The van der Waals surface area contributed by atoms with Crippen LogP contribution >= 0.6 is 11.6 Å². The molecule has 0 spiro atoms. The van der Waals surface area contributed by atoms with Gasteiger partial charge in [0.1, 0.15) is 16.8 Å². The fourth-order valence-electron chi connectivity index (χ4n) is 3.31. The van der Waals surface area contributed by atoms with E-state index in [2.05, 4.69) is 10.6 Å². The van der Waals surface area contributed by atoms with Crippen molar-refractivity contribution in [2.24, 2.45) is 5.92 Å². The van der Waals surface area contributed by atoms with Crippen molar-refractivity contribution in [3.05, 3.63) is 68.7 Å². The topological polar surface area (TPSA) is 111 Å². The van der Waals surface area contributed by atoms with Crippen LogP contribution in [-0.2, 0) is 4.79 Å². The number of benzene rings is 2. The molecule has 1 aliphatic rings. The average molecular weight is 432 g/mol. The standard InChI is InChI=1S/C21H22ClN3O5/c1-12(2)19(24-20(26)13-7-8-15(22)17(11-13)25(28)29)21(27)23-16-9-10-30-18-6-4-3-5-14(16)18/h3-8,11-12,16,19H,9-10H2,1-2H3,(H,23,27)(H,24,26)/t16?,19-/m0/s1. The molecule has 0 radical (unpaired) electrons. The lowest BCUT2D eigenvalue weighted by Crippen LogP contribution is -2.50. The Morgan fingerprint density at radius 2 is 1.97 bits per heavy atom. The maximum atomic E-state index is 13.0. The van der Waals surface area contributed by atoms with Gasteiger partial charge < -0.3 is 15.4 Å². The maximum absolute atomic E-state index is 13.0. The van der Waals surface area contributed by atoms with Crippen molar-refractivity contribution in [3.63, 3.8) is 0 Å². The summed E-state index contributed by atoms with van der Waals surface area (Å²) in [6, 6.07) is 10.2. The average Bonchev–Trinajstić information content (AvgIpc) is 2.71. The molecule has 158 valence electrons. The van der Waals surface area contributed by atoms with Crippen LogP contribution < -0.4 is 15.4 Å². The Morgan fingerprint density at radius 3 is 2.67 bits per heavy atom. The Balaban J connectivity index is 1.75. The van der Waals surface area contributed by atoms with Crippen molar-refractivity contribution >= 4 is 29.1 Å². The molecule has 1 unspecified atom stereocenters. The molecule has 2 N–H and O–H groups in total. The van der Waals surface area contributed by atoms with Gasteiger partial charge in [-0.3, -0.25) is 19.7 Å². The second kappa shape index (κ2) is 9.13. The summed E-state index contributed by atoms with van der Waals surface area (Å²) in [5, 5.41) is 16.7. The molecule has 1 aliphatic heterocycles. The smallest absolute Gasteiger partial charge is 0.288 e. The lowest BCUT2D eigenvalue weighted by molar-refractivity contribution is -0.384.